The van der Waals surface area contributed by atoms with E-state index in [9.17, 15) is 9.59 Å². The van der Waals surface area contributed by atoms with Gasteiger partial charge < -0.3 is 9.30 Å². The maximum atomic E-state index is 12.9. The van der Waals surface area contributed by atoms with Crippen LogP contribution in [-0.4, -0.2) is 33.2 Å². The Kier molecular flexibility index (Phi) is 5.89. The third kappa shape index (κ3) is 3.96. The molecule has 0 saturated heterocycles. The summed E-state index contributed by atoms with van der Waals surface area (Å²) < 4.78 is 7.08. The number of rotatable bonds is 6. The highest BCUT2D eigenvalue weighted by atomic mass is 32.1. The predicted octanol–water partition coefficient (Wildman–Crippen LogP) is 3.74. The van der Waals surface area contributed by atoms with Gasteiger partial charge in [-0.3, -0.25) is 10.1 Å². The second kappa shape index (κ2) is 8.35. The number of amides is 1. The highest BCUT2D eigenvalue weighted by Gasteiger charge is 2.27. The van der Waals surface area contributed by atoms with Gasteiger partial charge in [0.15, 0.2) is 0 Å². The lowest BCUT2D eigenvalue weighted by molar-refractivity contribution is 0.0513. The SMILES string of the molecule is CCOC(=O)c1c(C)c(C(=O)Nc2nnc(C)s2)c(C)n1Cc1ccccc1. The number of nitrogens with one attached hydrogen (secondary N) is 1. The topological polar surface area (TPSA) is 86.1 Å². The number of benzene rings is 1. The Labute approximate surface area is 167 Å². The highest BCUT2D eigenvalue weighted by Crippen LogP contribution is 2.26. The number of carbonyl (C=O) groups is 2. The van der Waals surface area contributed by atoms with E-state index in [0.29, 0.717) is 34.2 Å². The molecule has 0 spiro atoms. The molecule has 0 aliphatic carbocycles. The first-order valence-corrected chi connectivity index (χ1v) is 9.76. The van der Waals surface area contributed by atoms with Gasteiger partial charge in [-0.2, -0.15) is 0 Å². The fraction of sp³-hybridized carbons (Fsp3) is 0.300. The normalized spacial score (nSPS) is 10.7. The van der Waals surface area contributed by atoms with Gasteiger partial charge in [0, 0.05) is 12.2 Å². The Bertz CT molecular complexity index is 1010. The number of hydrogen-bond acceptors (Lipinski definition) is 6. The summed E-state index contributed by atoms with van der Waals surface area (Å²) in [6, 6.07) is 9.78. The second-order valence-corrected chi connectivity index (χ2v) is 7.49. The van der Waals surface area contributed by atoms with Crippen LogP contribution in [0.1, 0.15) is 49.6 Å². The van der Waals surface area contributed by atoms with Crippen LogP contribution < -0.4 is 5.32 Å². The van der Waals surface area contributed by atoms with Gasteiger partial charge in [-0.1, -0.05) is 41.7 Å². The number of anilines is 1. The third-order valence-corrected chi connectivity index (χ3v) is 5.15. The fourth-order valence-corrected chi connectivity index (χ4v) is 3.75. The molecule has 8 heteroatoms. The molecule has 0 saturated carbocycles. The minimum absolute atomic E-state index is 0.263. The molecule has 146 valence electrons. The standard InChI is InChI=1S/C20H22N4O3S/c1-5-27-19(26)17-12(2)16(18(25)21-20-23-22-14(4)28-20)13(3)24(17)11-15-9-7-6-8-10-15/h6-10H,5,11H2,1-4H3,(H,21,23,25). The van der Waals surface area contributed by atoms with Gasteiger partial charge >= 0.3 is 5.97 Å². The number of ether oxygens (including phenoxy) is 1. The number of esters is 1. The van der Waals surface area contributed by atoms with Crippen LogP contribution in [0.2, 0.25) is 0 Å². The highest BCUT2D eigenvalue weighted by molar-refractivity contribution is 7.15. The predicted molar refractivity (Wildman–Crippen MR) is 108 cm³/mol. The van der Waals surface area contributed by atoms with Crippen LogP contribution in [0, 0.1) is 20.8 Å². The fourth-order valence-electron chi connectivity index (χ4n) is 3.16. The molecule has 3 aromatic rings. The van der Waals surface area contributed by atoms with Crippen molar-refractivity contribution < 1.29 is 14.3 Å². The Hall–Kier alpha value is -3.00. The number of nitrogens with zero attached hydrogens (tertiary/aromatic N) is 3. The average molecular weight is 398 g/mol. The van der Waals surface area contributed by atoms with E-state index in [1.165, 1.54) is 11.3 Å². The maximum absolute atomic E-state index is 12.9. The third-order valence-electron chi connectivity index (χ3n) is 4.39. The average Bonchev–Trinajstić information content (AvgIpc) is 3.17. The molecule has 0 radical (unpaired) electrons. The monoisotopic (exact) mass is 398 g/mol. The van der Waals surface area contributed by atoms with Crippen LogP contribution in [-0.2, 0) is 11.3 Å². The minimum atomic E-state index is -0.440. The lowest BCUT2D eigenvalue weighted by Gasteiger charge is -2.12. The second-order valence-electron chi connectivity index (χ2n) is 6.31. The molecule has 1 amide bonds. The molecule has 0 aliphatic rings. The van der Waals surface area contributed by atoms with Crippen LogP contribution >= 0.6 is 11.3 Å². The zero-order valence-electron chi connectivity index (χ0n) is 16.3. The van der Waals surface area contributed by atoms with Crippen molar-refractivity contribution in [3.8, 4) is 0 Å². The molecular formula is C20H22N4O3S. The molecule has 0 atom stereocenters. The molecule has 1 N–H and O–H groups in total. The number of aryl methyl sites for hydroxylation is 1. The number of carbonyl (C=O) groups excluding carboxylic acids is 2. The first kappa shape index (κ1) is 19.8. The molecule has 7 nitrogen and oxygen atoms in total. The van der Waals surface area contributed by atoms with E-state index >= 15 is 0 Å². The van der Waals surface area contributed by atoms with E-state index in [2.05, 4.69) is 15.5 Å². The van der Waals surface area contributed by atoms with E-state index in [4.69, 9.17) is 4.74 Å². The zero-order valence-corrected chi connectivity index (χ0v) is 17.1. The van der Waals surface area contributed by atoms with Crippen LogP contribution in [0.15, 0.2) is 30.3 Å². The van der Waals surface area contributed by atoms with E-state index < -0.39 is 5.97 Å². The molecular weight excluding hydrogens is 376 g/mol. The van der Waals surface area contributed by atoms with Crippen molar-refractivity contribution in [2.24, 2.45) is 0 Å². The Morgan fingerprint density at radius 1 is 1.14 bits per heavy atom. The van der Waals surface area contributed by atoms with Gasteiger partial charge in [0.2, 0.25) is 5.13 Å². The Morgan fingerprint density at radius 3 is 2.46 bits per heavy atom. The summed E-state index contributed by atoms with van der Waals surface area (Å²) in [7, 11) is 0. The summed E-state index contributed by atoms with van der Waals surface area (Å²) in [5.41, 5.74) is 3.15. The smallest absolute Gasteiger partial charge is 0.355 e. The lowest BCUT2D eigenvalue weighted by atomic mass is 10.1. The zero-order chi connectivity index (χ0) is 20.3. The van der Waals surface area contributed by atoms with Gasteiger partial charge in [-0.05, 0) is 38.8 Å². The summed E-state index contributed by atoms with van der Waals surface area (Å²) in [6.07, 6.45) is 0. The van der Waals surface area contributed by atoms with Crippen molar-refractivity contribution in [3.63, 3.8) is 0 Å². The van der Waals surface area contributed by atoms with Gasteiger partial charge in [0.25, 0.3) is 5.91 Å². The summed E-state index contributed by atoms with van der Waals surface area (Å²) in [5, 5.41) is 11.8. The summed E-state index contributed by atoms with van der Waals surface area (Å²) >= 11 is 1.30. The van der Waals surface area contributed by atoms with Crippen molar-refractivity contribution in [1.29, 1.82) is 0 Å². The lowest BCUT2D eigenvalue weighted by Crippen LogP contribution is -2.15. The molecule has 1 aromatic carbocycles. The molecule has 28 heavy (non-hydrogen) atoms. The van der Waals surface area contributed by atoms with Crippen molar-refractivity contribution >= 4 is 28.3 Å². The van der Waals surface area contributed by atoms with Gasteiger partial charge in [-0.25, -0.2) is 4.79 Å². The van der Waals surface area contributed by atoms with Crippen LogP contribution in [0.4, 0.5) is 5.13 Å². The molecule has 2 heterocycles. The molecule has 2 aromatic heterocycles. The molecule has 3 rings (SSSR count). The Balaban J connectivity index is 2.03. The quantitative estimate of drug-likeness (QED) is 0.639. The number of hydrogen-bond donors (Lipinski definition) is 1. The van der Waals surface area contributed by atoms with Crippen LogP contribution in [0.3, 0.4) is 0 Å². The molecule has 0 fully saturated rings. The van der Waals surface area contributed by atoms with Gasteiger partial charge in [0.1, 0.15) is 10.7 Å². The molecule has 0 aliphatic heterocycles. The van der Waals surface area contributed by atoms with Crippen molar-refractivity contribution in [3.05, 3.63) is 63.4 Å². The summed E-state index contributed by atoms with van der Waals surface area (Å²) in [6.45, 7) is 7.90. The summed E-state index contributed by atoms with van der Waals surface area (Å²) in [4.78, 5) is 25.6. The van der Waals surface area contributed by atoms with Crippen LogP contribution in [0.5, 0.6) is 0 Å². The van der Waals surface area contributed by atoms with Crippen molar-refractivity contribution in [1.82, 2.24) is 14.8 Å². The maximum Gasteiger partial charge on any atom is 0.355 e. The summed E-state index contributed by atoms with van der Waals surface area (Å²) in [5.74, 6) is -0.756. The van der Waals surface area contributed by atoms with Crippen LogP contribution in [0.25, 0.3) is 0 Å². The minimum Gasteiger partial charge on any atom is -0.461 e. The van der Waals surface area contributed by atoms with E-state index in [1.54, 1.807) is 13.8 Å². The Morgan fingerprint density at radius 2 is 1.86 bits per heavy atom. The van der Waals surface area contributed by atoms with Crippen molar-refractivity contribution in [2.45, 2.75) is 34.2 Å². The van der Waals surface area contributed by atoms with E-state index in [0.717, 1.165) is 10.6 Å². The molecule has 0 bridgehead atoms. The first-order chi connectivity index (χ1) is 13.4. The van der Waals surface area contributed by atoms with Gasteiger partial charge in [0.05, 0.1) is 12.2 Å². The van der Waals surface area contributed by atoms with Crippen molar-refractivity contribution in [2.75, 3.05) is 11.9 Å². The first-order valence-electron chi connectivity index (χ1n) is 8.94. The van der Waals surface area contributed by atoms with E-state index in [1.807, 2.05) is 48.7 Å². The van der Waals surface area contributed by atoms with Gasteiger partial charge in [-0.15, -0.1) is 10.2 Å². The van der Waals surface area contributed by atoms with E-state index in [-0.39, 0.29) is 12.5 Å². The molecule has 0 unspecified atom stereocenters. The number of aromatic nitrogens is 3. The largest absolute Gasteiger partial charge is 0.461 e.